The van der Waals surface area contributed by atoms with Crippen molar-refractivity contribution in [1.29, 1.82) is 0 Å². The molecule has 0 saturated heterocycles. The lowest BCUT2D eigenvalue weighted by molar-refractivity contribution is -0.122. The molecule has 0 fully saturated rings. The number of benzene rings is 3. The average Bonchev–Trinajstić information content (AvgIpc) is 3.00. The predicted molar refractivity (Wildman–Crippen MR) is 123 cm³/mol. The maximum Gasteiger partial charge on any atom is 0.295 e. The van der Waals surface area contributed by atoms with Gasteiger partial charge in [-0.1, -0.05) is 55.5 Å². The van der Waals surface area contributed by atoms with Gasteiger partial charge in [-0.25, -0.2) is 4.68 Å². The molecule has 0 saturated carbocycles. The second-order valence-corrected chi connectivity index (χ2v) is 7.45. The highest BCUT2D eigenvalue weighted by Gasteiger charge is 2.23. The highest BCUT2D eigenvalue weighted by Crippen LogP contribution is 2.22. The van der Waals surface area contributed by atoms with Gasteiger partial charge in [0.25, 0.3) is 11.5 Å². The first kappa shape index (κ1) is 20.5. The summed E-state index contributed by atoms with van der Waals surface area (Å²) in [5, 5.41) is 4.95. The fraction of sp³-hybridized carbons (Fsp3) is 0.200. The zero-order valence-corrected chi connectivity index (χ0v) is 17.8. The molecule has 0 aliphatic carbocycles. The van der Waals surface area contributed by atoms with E-state index >= 15 is 0 Å². The molecule has 0 spiro atoms. The van der Waals surface area contributed by atoms with Gasteiger partial charge >= 0.3 is 0 Å². The normalized spacial score (nSPS) is 12.0. The minimum absolute atomic E-state index is 0.261. The minimum Gasteiger partial charge on any atom is -0.481 e. The molecule has 1 amide bonds. The molecule has 3 aromatic carbocycles. The summed E-state index contributed by atoms with van der Waals surface area (Å²) in [7, 11) is 1.79. The van der Waals surface area contributed by atoms with E-state index in [1.165, 1.54) is 4.68 Å². The number of anilines is 1. The maximum absolute atomic E-state index is 13.0. The zero-order valence-electron chi connectivity index (χ0n) is 17.8. The Morgan fingerprint density at radius 3 is 2.39 bits per heavy atom. The number of hydrogen-bond acceptors (Lipinski definition) is 3. The van der Waals surface area contributed by atoms with Gasteiger partial charge in [0.2, 0.25) is 0 Å². The predicted octanol–water partition coefficient (Wildman–Crippen LogP) is 4.43. The summed E-state index contributed by atoms with van der Waals surface area (Å²) in [6.07, 6.45) is -0.248. The summed E-state index contributed by atoms with van der Waals surface area (Å²) in [6.45, 7) is 3.69. The molecule has 1 heterocycles. The van der Waals surface area contributed by atoms with Crippen LogP contribution in [0.1, 0.15) is 19.0 Å². The van der Waals surface area contributed by atoms with Crippen LogP contribution in [0.15, 0.2) is 77.6 Å². The standard InChI is InChI=1S/C25H25N3O3/c1-4-22(31-21-15-14-18-10-8-9-11-19(18)16-21)24(29)26-23-17(2)27(3)28(25(23)30)20-12-6-5-7-13-20/h5-16,22H,4H2,1-3H3,(H,26,29)/t22-/m0/s1. The number of amides is 1. The number of nitrogens with zero attached hydrogens (tertiary/aromatic N) is 2. The van der Waals surface area contributed by atoms with E-state index in [2.05, 4.69) is 5.32 Å². The van der Waals surface area contributed by atoms with Crippen LogP contribution in [0, 0.1) is 6.92 Å². The first-order valence-corrected chi connectivity index (χ1v) is 10.3. The van der Waals surface area contributed by atoms with Gasteiger partial charge in [0.15, 0.2) is 6.10 Å². The van der Waals surface area contributed by atoms with E-state index < -0.39 is 6.10 Å². The number of fused-ring (bicyclic) bond motifs is 1. The van der Waals surface area contributed by atoms with Crippen LogP contribution in [0.2, 0.25) is 0 Å². The molecule has 0 aliphatic heterocycles. The summed E-state index contributed by atoms with van der Waals surface area (Å²) < 4.78 is 9.25. The largest absolute Gasteiger partial charge is 0.481 e. The molecule has 1 aromatic heterocycles. The van der Waals surface area contributed by atoms with Crippen LogP contribution in [-0.2, 0) is 11.8 Å². The molecule has 6 heteroatoms. The Morgan fingerprint density at radius 2 is 1.68 bits per heavy atom. The monoisotopic (exact) mass is 415 g/mol. The Kier molecular flexibility index (Phi) is 5.62. The molecule has 31 heavy (non-hydrogen) atoms. The second-order valence-electron chi connectivity index (χ2n) is 7.45. The second kappa shape index (κ2) is 8.52. The first-order valence-electron chi connectivity index (χ1n) is 10.3. The van der Waals surface area contributed by atoms with E-state index in [-0.39, 0.29) is 17.2 Å². The van der Waals surface area contributed by atoms with Crippen molar-refractivity contribution >= 4 is 22.4 Å². The third-order valence-electron chi connectivity index (χ3n) is 5.46. The number of hydrogen-bond donors (Lipinski definition) is 1. The van der Waals surface area contributed by atoms with Gasteiger partial charge in [-0.2, -0.15) is 0 Å². The Bertz CT molecular complexity index is 1290. The smallest absolute Gasteiger partial charge is 0.295 e. The van der Waals surface area contributed by atoms with Crippen LogP contribution in [-0.4, -0.2) is 21.4 Å². The van der Waals surface area contributed by atoms with Crippen molar-refractivity contribution in [1.82, 2.24) is 9.36 Å². The van der Waals surface area contributed by atoms with E-state index in [1.54, 1.807) is 11.7 Å². The van der Waals surface area contributed by atoms with Crippen LogP contribution < -0.4 is 15.6 Å². The molecule has 0 unspecified atom stereocenters. The van der Waals surface area contributed by atoms with E-state index in [0.29, 0.717) is 17.9 Å². The fourth-order valence-electron chi connectivity index (χ4n) is 3.64. The Labute approximate surface area is 180 Å². The molecule has 158 valence electrons. The summed E-state index contributed by atoms with van der Waals surface area (Å²) >= 11 is 0. The van der Waals surface area contributed by atoms with Crippen molar-refractivity contribution in [3.05, 3.63) is 88.8 Å². The Hall–Kier alpha value is -3.80. The number of para-hydroxylation sites is 1. The third-order valence-corrected chi connectivity index (χ3v) is 5.46. The van der Waals surface area contributed by atoms with Crippen LogP contribution in [0.4, 0.5) is 5.69 Å². The Morgan fingerprint density at radius 1 is 1.00 bits per heavy atom. The van der Waals surface area contributed by atoms with Crippen molar-refractivity contribution in [3.63, 3.8) is 0 Å². The van der Waals surface area contributed by atoms with Gasteiger partial charge in [-0.05, 0) is 48.4 Å². The van der Waals surface area contributed by atoms with Gasteiger partial charge in [-0.3, -0.25) is 14.3 Å². The molecule has 0 radical (unpaired) electrons. The topological polar surface area (TPSA) is 65.3 Å². The number of ether oxygens (including phenoxy) is 1. The van der Waals surface area contributed by atoms with Crippen molar-refractivity contribution in [2.24, 2.45) is 7.05 Å². The fourth-order valence-corrected chi connectivity index (χ4v) is 3.64. The van der Waals surface area contributed by atoms with Crippen molar-refractivity contribution in [3.8, 4) is 11.4 Å². The van der Waals surface area contributed by atoms with Gasteiger partial charge in [0.1, 0.15) is 11.4 Å². The molecular formula is C25H25N3O3. The molecule has 4 aromatic rings. The van der Waals surface area contributed by atoms with Gasteiger partial charge in [0.05, 0.1) is 11.4 Å². The summed E-state index contributed by atoms with van der Waals surface area (Å²) in [4.78, 5) is 26.0. The summed E-state index contributed by atoms with van der Waals surface area (Å²) in [5.74, 6) is 0.272. The molecule has 0 bridgehead atoms. The number of carbonyl (C=O) groups is 1. The molecule has 4 rings (SSSR count). The van der Waals surface area contributed by atoms with Gasteiger partial charge in [0, 0.05) is 7.05 Å². The molecule has 0 aliphatic rings. The molecular weight excluding hydrogens is 390 g/mol. The highest BCUT2D eigenvalue weighted by atomic mass is 16.5. The van der Waals surface area contributed by atoms with E-state index in [9.17, 15) is 9.59 Å². The summed E-state index contributed by atoms with van der Waals surface area (Å²) in [5.41, 5.74) is 1.39. The SMILES string of the molecule is CC[C@H](Oc1ccc2ccccc2c1)C(=O)Nc1c(C)n(C)n(-c2ccccc2)c1=O. The van der Waals surface area contributed by atoms with Crippen LogP contribution in [0.3, 0.4) is 0 Å². The first-order chi connectivity index (χ1) is 15.0. The van der Waals surface area contributed by atoms with Crippen LogP contribution in [0.5, 0.6) is 5.75 Å². The van der Waals surface area contributed by atoms with Crippen molar-refractivity contribution in [2.75, 3.05) is 5.32 Å². The van der Waals surface area contributed by atoms with Crippen molar-refractivity contribution < 1.29 is 9.53 Å². The van der Waals surface area contributed by atoms with Crippen molar-refractivity contribution in [2.45, 2.75) is 26.4 Å². The van der Waals surface area contributed by atoms with E-state index in [0.717, 1.165) is 16.5 Å². The quantitative estimate of drug-likeness (QED) is 0.507. The molecule has 1 atom stereocenters. The van der Waals surface area contributed by atoms with Gasteiger partial charge in [-0.15, -0.1) is 0 Å². The number of carbonyl (C=O) groups excluding carboxylic acids is 1. The number of aromatic nitrogens is 2. The van der Waals surface area contributed by atoms with Gasteiger partial charge < -0.3 is 10.1 Å². The highest BCUT2D eigenvalue weighted by molar-refractivity contribution is 5.95. The molecule has 6 nitrogen and oxygen atoms in total. The zero-order chi connectivity index (χ0) is 22.0. The van der Waals surface area contributed by atoms with Crippen LogP contribution in [0.25, 0.3) is 16.5 Å². The van der Waals surface area contributed by atoms with Crippen LogP contribution >= 0.6 is 0 Å². The lowest BCUT2D eigenvalue weighted by Crippen LogP contribution is -2.34. The number of rotatable bonds is 6. The van der Waals surface area contributed by atoms with E-state index in [1.807, 2.05) is 86.6 Å². The Balaban J connectivity index is 1.58. The number of nitrogens with one attached hydrogen (secondary N) is 1. The lowest BCUT2D eigenvalue weighted by atomic mass is 10.1. The maximum atomic E-state index is 13.0. The molecule has 1 N–H and O–H groups in total. The third kappa shape index (κ3) is 3.97. The lowest BCUT2D eigenvalue weighted by Gasteiger charge is -2.17. The minimum atomic E-state index is -0.717. The van der Waals surface area contributed by atoms with E-state index in [4.69, 9.17) is 4.74 Å². The average molecular weight is 415 g/mol. The summed E-state index contributed by atoms with van der Waals surface area (Å²) in [6, 6.07) is 23.0.